The number of halogens is 1. The minimum absolute atomic E-state index is 0.0126. The van der Waals surface area contributed by atoms with Crippen LogP contribution in [0, 0.1) is 10.1 Å². The van der Waals surface area contributed by atoms with E-state index in [0.29, 0.717) is 20.2 Å². The molecular weight excluding hydrogens is 426 g/mol. The Balaban J connectivity index is 1.95. The average molecular weight is 438 g/mol. The molecule has 3 rings (SSSR count). The highest BCUT2D eigenvalue weighted by molar-refractivity contribution is 7.16. The number of benzene rings is 1. The van der Waals surface area contributed by atoms with Gasteiger partial charge in [0.25, 0.3) is 5.91 Å². The summed E-state index contributed by atoms with van der Waals surface area (Å²) in [6.45, 7) is -0.106. The number of carbonyl (C=O) groups is 2. The monoisotopic (exact) mass is 437 g/mol. The number of rotatable bonds is 5. The highest BCUT2D eigenvalue weighted by Crippen LogP contribution is 2.25. The second-order valence-corrected chi connectivity index (χ2v) is 7.91. The van der Waals surface area contributed by atoms with Crippen LogP contribution in [0.4, 0.5) is 5.00 Å². The van der Waals surface area contributed by atoms with Gasteiger partial charge in [0.1, 0.15) is 6.54 Å². The van der Waals surface area contributed by atoms with Gasteiger partial charge in [-0.25, -0.2) is 0 Å². The summed E-state index contributed by atoms with van der Waals surface area (Å²) in [6, 6.07) is 8.05. The van der Waals surface area contributed by atoms with Gasteiger partial charge in [0.2, 0.25) is 0 Å². The van der Waals surface area contributed by atoms with Gasteiger partial charge in [0.05, 0.1) is 22.2 Å². The molecule has 2 heterocycles. The Hall–Kier alpha value is -2.82. The van der Waals surface area contributed by atoms with Crippen LogP contribution in [0.15, 0.2) is 41.4 Å². The van der Waals surface area contributed by atoms with E-state index in [1.54, 1.807) is 28.8 Å². The number of hydrogen-bond acceptors (Lipinski definition) is 7. The van der Waals surface area contributed by atoms with Crippen molar-refractivity contribution >= 4 is 67.4 Å². The molecule has 144 valence electrons. The van der Waals surface area contributed by atoms with Crippen molar-refractivity contribution in [3.63, 3.8) is 0 Å². The lowest BCUT2D eigenvalue weighted by Crippen LogP contribution is -2.22. The molecule has 2 aromatic heterocycles. The Bertz CT molecular complexity index is 1180. The molecular formula is C17H12ClN3O5S2. The molecule has 28 heavy (non-hydrogen) atoms. The van der Waals surface area contributed by atoms with Crippen LogP contribution in [0.5, 0.6) is 0 Å². The van der Waals surface area contributed by atoms with Gasteiger partial charge in [0, 0.05) is 22.0 Å². The molecule has 0 bridgehead atoms. The topological polar surface area (TPSA) is 104 Å². The zero-order chi connectivity index (χ0) is 20.3. The van der Waals surface area contributed by atoms with Crippen molar-refractivity contribution in [1.82, 2.24) is 4.57 Å². The summed E-state index contributed by atoms with van der Waals surface area (Å²) in [4.78, 5) is 39.1. The normalized spacial score (nSPS) is 12.0. The first-order valence-electron chi connectivity index (χ1n) is 7.74. The van der Waals surface area contributed by atoms with E-state index in [-0.39, 0.29) is 11.5 Å². The zero-order valence-corrected chi connectivity index (χ0v) is 16.7. The van der Waals surface area contributed by atoms with Crippen LogP contribution >= 0.6 is 34.3 Å². The SMILES string of the molecule is COC(=O)Cn1c(=NC(=O)/C=C\c2ccc([N+](=O)[O-])s2)sc2cc(Cl)ccc21. The molecule has 0 unspecified atom stereocenters. The van der Waals surface area contributed by atoms with Crippen LogP contribution in [-0.4, -0.2) is 28.5 Å². The van der Waals surface area contributed by atoms with Crippen molar-refractivity contribution in [2.24, 2.45) is 4.99 Å². The van der Waals surface area contributed by atoms with Gasteiger partial charge >= 0.3 is 11.0 Å². The number of esters is 1. The highest BCUT2D eigenvalue weighted by atomic mass is 35.5. The number of methoxy groups -OCH3 is 1. The maximum Gasteiger partial charge on any atom is 0.325 e. The molecule has 0 atom stereocenters. The fraction of sp³-hybridized carbons (Fsp3) is 0.118. The number of fused-ring (bicyclic) bond motifs is 1. The van der Waals surface area contributed by atoms with Gasteiger partial charge in [-0.1, -0.05) is 34.3 Å². The Kier molecular flexibility index (Phi) is 6.02. The standard InChI is InChI=1S/C17H12ClN3O5S2/c1-26-16(23)9-20-12-5-2-10(18)8-13(12)28-17(20)19-14(22)6-3-11-4-7-15(27-11)21(24)25/h2-8H,9H2,1H3/b6-3-,19-17?. The van der Waals surface area contributed by atoms with E-state index in [1.165, 1.54) is 36.7 Å². The van der Waals surface area contributed by atoms with Crippen molar-refractivity contribution in [2.45, 2.75) is 6.54 Å². The third kappa shape index (κ3) is 4.53. The Labute approximate surface area is 171 Å². The van der Waals surface area contributed by atoms with Crippen LogP contribution in [-0.2, 0) is 20.9 Å². The molecule has 0 fully saturated rings. The quantitative estimate of drug-likeness (QED) is 0.262. The minimum Gasteiger partial charge on any atom is -0.468 e. The number of nitro groups is 1. The largest absolute Gasteiger partial charge is 0.468 e. The molecule has 0 radical (unpaired) electrons. The summed E-state index contributed by atoms with van der Waals surface area (Å²) in [5, 5.41) is 11.2. The molecule has 1 amide bonds. The summed E-state index contributed by atoms with van der Waals surface area (Å²) in [6.07, 6.45) is 2.67. The molecule has 0 spiro atoms. The molecule has 11 heteroatoms. The smallest absolute Gasteiger partial charge is 0.325 e. The van der Waals surface area contributed by atoms with Crippen molar-refractivity contribution in [3.05, 3.63) is 61.2 Å². The lowest BCUT2D eigenvalue weighted by Gasteiger charge is -2.03. The second kappa shape index (κ2) is 8.46. The maximum absolute atomic E-state index is 12.2. The fourth-order valence-corrected chi connectivity index (χ4v) is 4.33. The molecule has 0 saturated heterocycles. The number of amides is 1. The van der Waals surface area contributed by atoms with Crippen LogP contribution in [0.1, 0.15) is 4.88 Å². The molecule has 3 aromatic rings. The minimum atomic E-state index is -0.563. The Morgan fingerprint density at radius 1 is 1.32 bits per heavy atom. The first kappa shape index (κ1) is 19.9. The van der Waals surface area contributed by atoms with Crippen LogP contribution in [0.3, 0.4) is 0 Å². The molecule has 0 aliphatic heterocycles. The van der Waals surface area contributed by atoms with E-state index in [0.717, 1.165) is 16.0 Å². The van der Waals surface area contributed by atoms with Gasteiger partial charge in [-0.05, 0) is 30.3 Å². The summed E-state index contributed by atoms with van der Waals surface area (Å²) in [7, 11) is 1.28. The summed E-state index contributed by atoms with van der Waals surface area (Å²) < 4.78 is 7.05. The van der Waals surface area contributed by atoms with Crippen molar-refractivity contribution in [2.75, 3.05) is 7.11 Å². The van der Waals surface area contributed by atoms with E-state index in [2.05, 4.69) is 4.99 Å². The van der Waals surface area contributed by atoms with Crippen molar-refractivity contribution in [1.29, 1.82) is 0 Å². The van der Waals surface area contributed by atoms with Crippen molar-refractivity contribution < 1.29 is 19.2 Å². The first-order chi connectivity index (χ1) is 13.4. The predicted octanol–water partition coefficient (Wildman–Crippen LogP) is 3.64. The molecule has 0 aliphatic rings. The van der Waals surface area contributed by atoms with Gasteiger partial charge in [-0.2, -0.15) is 4.99 Å². The predicted molar refractivity (Wildman–Crippen MR) is 107 cm³/mol. The van der Waals surface area contributed by atoms with E-state index >= 15 is 0 Å². The van der Waals surface area contributed by atoms with Gasteiger partial charge in [-0.3, -0.25) is 19.7 Å². The van der Waals surface area contributed by atoms with E-state index in [9.17, 15) is 19.7 Å². The van der Waals surface area contributed by atoms with Gasteiger partial charge in [-0.15, -0.1) is 0 Å². The number of aromatic nitrogens is 1. The second-order valence-electron chi connectivity index (χ2n) is 5.38. The number of hydrogen-bond donors (Lipinski definition) is 0. The fourth-order valence-electron chi connectivity index (χ4n) is 2.29. The van der Waals surface area contributed by atoms with E-state index in [4.69, 9.17) is 16.3 Å². The average Bonchev–Trinajstić information content (AvgIpc) is 3.25. The van der Waals surface area contributed by atoms with E-state index in [1.807, 2.05) is 0 Å². The Morgan fingerprint density at radius 3 is 2.79 bits per heavy atom. The lowest BCUT2D eigenvalue weighted by atomic mass is 10.3. The number of nitrogens with zero attached hydrogens (tertiary/aromatic N) is 3. The summed E-state index contributed by atoms with van der Waals surface area (Å²) >= 11 is 8.17. The number of thiophene rings is 1. The highest BCUT2D eigenvalue weighted by Gasteiger charge is 2.12. The van der Waals surface area contributed by atoms with Crippen LogP contribution in [0.25, 0.3) is 16.3 Å². The van der Waals surface area contributed by atoms with Gasteiger partial charge in [0.15, 0.2) is 4.80 Å². The summed E-state index contributed by atoms with van der Waals surface area (Å²) in [5.41, 5.74) is 0.698. The number of ether oxygens (including phenoxy) is 1. The number of thiazole rings is 1. The van der Waals surface area contributed by atoms with Crippen LogP contribution in [0.2, 0.25) is 5.02 Å². The summed E-state index contributed by atoms with van der Waals surface area (Å²) in [5.74, 6) is -1.04. The maximum atomic E-state index is 12.2. The molecule has 1 aromatic carbocycles. The van der Waals surface area contributed by atoms with E-state index < -0.39 is 16.8 Å². The molecule has 0 aliphatic carbocycles. The Morgan fingerprint density at radius 2 is 2.11 bits per heavy atom. The third-order valence-electron chi connectivity index (χ3n) is 3.55. The third-order valence-corrected chi connectivity index (χ3v) is 5.83. The molecule has 8 nitrogen and oxygen atoms in total. The van der Waals surface area contributed by atoms with Crippen LogP contribution < -0.4 is 4.80 Å². The molecule has 0 saturated carbocycles. The molecule has 0 N–H and O–H groups in total. The van der Waals surface area contributed by atoms with Crippen molar-refractivity contribution in [3.8, 4) is 0 Å². The lowest BCUT2D eigenvalue weighted by molar-refractivity contribution is -0.380. The zero-order valence-electron chi connectivity index (χ0n) is 14.3. The first-order valence-corrected chi connectivity index (χ1v) is 9.75. The van der Waals surface area contributed by atoms with Gasteiger partial charge < -0.3 is 9.30 Å². The number of carbonyl (C=O) groups excluding carboxylic acids is 2.